The number of nitrogens with one attached hydrogen (secondary N) is 1. The first-order chi connectivity index (χ1) is 15.1. The molecule has 0 aliphatic rings. The summed E-state index contributed by atoms with van der Waals surface area (Å²) in [5.41, 5.74) is 2.15. The van der Waals surface area contributed by atoms with Crippen LogP contribution in [-0.4, -0.2) is 44.1 Å². The number of hydrogen-bond acceptors (Lipinski definition) is 6. The molecule has 0 spiro atoms. The highest BCUT2D eigenvalue weighted by molar-refractivity contribution is 5.91. The number of nitrogens with zero attached hydrogens (tertiary/aromatic N) is 5. The third kappa shape index (κ3) is 4.67. The lowest BCUT2D eigenvalue weighted by Crippen LogP contribution is -2.31. The van der Waals surface area contributed by atoms with Crippen molar-refractivity contribution in [3.05, 3.63) is 89.2 Å². The van der Waals surface area contributed by atoms with E-state index in [0.29, 0.717) is 5.69 Å². The van der Waals surface area contributed by atoms with Crippen molar-refractivity contribution >= 4 is 5.91 Å². The number of rotatable bonds is 7. The number of carbonyl (C=O) groups is 1. The Labute approximate surface area is 177 Å². The fourth-order valence-electron chi connectivity index (χ4n) is 2.95. The zero-order valence-electron chi connectivity index (χ0n) is 16.8. The summed E-state index contributed by atoms with van der Waals surface area (Å²) in [6, 6.07) is 18.1. The first-order valence-corrected chi connectivity index (χ1v) is 9.61. The van der Waals surface area contributed by atoms with E-state index < -0.39 is 0 Å². The normalized spacial score (nSPS) is 10.6. The van der Waals surface area contributed by atoms with Gasteiger partial charge in [0, 0.05) is 24.7 Å². The molecule has 0 atom stereocenters. The van der Waals surface area contributed by atoms with Gasteiger partial charge in [0.1, 0.15) is 5.75 Å². The number of methoxy groups -OCH3 is 1. The van der Waals surface area contributed by atoms with E-state index in [1.807, 2.05) is 54.6 Å². The molecule has 31 heavy (non-hydrogen) atoms. The van der Waals surface area contributed by atoms with Gasteiger partial charge in [-0.2, -0.15) is 9.90 Å². The van der Waals surface area contributed by atoms with E-state index in [2.05, 4.69) is 20.5 Å². The first-order valence-electron chi connectivity index (χ1n) is 9.61. The van der Waals surface area contributed by atoms with E-state index in [1.165, 1.54) is 28.0 Å². The first kappa shape index (κ1) is 20.0. The van der Waals surface area contributed by atoms with E-state index in [9.17, 15) is 9.59 Å². The highest BCUT2D eigenvalue weighted by atomic mass is 16.5. The largest absolute Gasteiger partial charge is 0.497 e. The van der Waals surface area contributed by atoms with Gasteiger partial charge in [0.15, 0.2) is 5.69 Å². The second-order valence-corrected chi connectivity index (χ2v) is 6.64. The van der Waals surface area contributed by atoms with Gasteiger partial charge in [-0.05, 0) is 36.4 Å². The van der Waals surface area contributed by atoms with Gasteiger partial charge in [0.25, 0.3) is 11.5 Å². The number of amides is 1. The van der Waals surface area contributed by atoms with E-state index in [4.69, 9.17) is 4.74 Å². The van der Waals surface area contributed by atoms with Crippen molar-refractivity contribution in [3.63, 3.8) is 0 Å². The van der Waals surface area contributed by atoms with Gasteiger partial charge < -0.3 is 10.1 Å². The van der Waals surface area contributed by atoms with Crippen molar-refractivity contribution in [1.29, 1.82) is 0 Å². The van der Waals surface area contributed by atoms with Crippen LogP contribution in [0.1, 0.15) is 10.5 Å². The van der Waals surface area contributed by atoms with Crippen LogP contribution >= 0.6 is 0 Å². The Morgan fingerprint density at radius 1 is 1.10 bits per heavy atom. The molecule has 0 bridgehead atoms. The maximum absolute atomic E-state index is 12.4. The van der Waals surface area contributed by atoms with Crippen molar-refractivity contribution in [1.82, 2.24) is 29.9 Å². The van der Waals surface area contributed by atoms with Crippen LogP contribution in [0.2, 0.25) is 0 Å². The molecule has 0 fully saturated rings. The third-order valence-corrected chi connectivity index (χ3v) is 4.62. The lowest BCUT2D eigenvalue weighted by atomic mass is 10.1. The molecular weight excluding hydrogens is 396 g/mol. The second-order valence-electron chi connectivity index (χ2n) is 6.64. The van der Waals surface area contributed by atoms with E-state index in [0.717, 1.165) is 17.0 Å². The molecule has 4 aromatic rings. The minimum atomic E-state index is -0.363. The van der Waals surface area contributed by atoms with Crippen molar-refractivity contribution in [3.8, 4) is 22.7 Å². The van der Waals surface area contributed by atoms with Crippen molar-refractivity contribution < 1.29 is 9.53 Å². The molecule has 1 amide bonds. The predicted octanol–water partition coefficient (Wildman–Crippen LogP) is 1.93. The molecule has 0 radical (unpaired) electrons. The zero-order valence-corrected chi connectivity index (χ0v) is 16.8. The summed E-state index contributed by atoms with van der Waals surface area (Å²) in [7, 11) is 1.60. The van der Waals surface area contributed by atoms with Crippen molar-refractivity contribution in [2.45, 2.75) is 6.54 Å². The molecule has 0 unspecified atom stereocenters. The van der Waals surface area contributed by atoms with Gasteiger partial charge in [-0.3, -0.25) is 14.2 Å². The number of hydrogen-bond donors (Lipinski definition) is 1. The SMILES string of the molecule is COc1ccc(-c2cc(=O)n(CCNC(=O)c3cnn(-c4ccccc4)n3)cn2)cc1. The van der Waals surface area contributed by atoms with Gasteiger partial charge >= 0.3 is 0 Å². The van der Waals surface area contributed by atoms with Crippen LogP contribution in [0.5, 0.6) is 5.75 Å². The Balaban J connectivity index is 1.35. The zero-order chi connectivity index (χ0) is 21.6. The quantitative estimate of drug-likeness (QED) is 0.494. The second kappa shape index (κ2) is 9.04. The summed E-state index contributed by atoms with van der Waals surface area (Å²) >= 11 is 0. The van der Waals surface area contributed by atoms with Crippen LogP contribution in [0.4, 0.5) is 0 Å². The van der Waals surface area contributed by atoms with Crippen LogP contribution in [-0.2, 0) is 6.54 Å². The molecule has 4 rings (SSSR count). The highest BCUT2D eigenvalue weighted by Gasteiger charge is 2.11. The molecule has 2 heterocycles. The molecule has 9 heteroatoms. The minimum absolute atomic E-state index is 0.198. The van der Waals surface area contributed by atoms with Crippen molar-refractivity contribution in [2.75, 3.05) is 13.7 Å². The Morgan fingerprint density at radius 3 is 2.58 bits per heavy atom. The summed E-state index contributed by atoms with van der Waals surface area (Å²) in [6.07, 6.45) is 2.87. The standard InChI is InChI=1S/C22H20N6O3/c1-31-18-9-7-16(8-10-18)19-13-21(29)27(15-24-19)12-11-23-22(30)20-14-25-28(26-20)17-5-3-2-4-6-17/h2-10,13-15H,11-12H2,1H3,(H,23,30). The van der Waals surface area contributed by atoms with Gasteiger partial charge in [0.2, 0.25) is 0 Å². The summed E-state index contributed by atoms with van der Waals surface area (Å²) in [5, 5.41) is 11.0. The van der Waals surface area contributed by atoms with Gasteiger partial charge in [-0.15, -0.1) is 5.10 Å². The minimum Gasteiger partial charge on any atom is -0.497 e. The molecule has 2 aromatic heterocycles. The van der Waals surface area contributed by atoms with Gasteiger partial charge in [-0.25, -0.2) is 4.98 Å². The van der Waals surface area contributed by atoms with E-state index in [-0.39, 0.29) is 30.2 Å². The molecule has 1 N–H and O–H groups in total. The lowest BCUT2D eigenvalue weighted by Gasteiger charge is -2.08. The molecule has 0 aliphatic carbocycles. The summed E-state index contributed by atoms with van der Waals surface area (Å²) < 4.78 is 6.58. The van der Waals surface area contributed by atoms with Crippen LogP contribution in [0.15, 0.2) is 78.0 Å². The highest BCUT2D eigenvalue weighted by Crippen LogP contribution is 2.19. The van der Waals surface area contributed by atoms with Crippen LogP contribution in [0.25, 0.3) is 16.9 Å². The van der Waals surface area contributed by atoms with Crippen LogP contribution in [0.3, 0.4) is 0 Å². The topological polar surface area (TPSA) is 104 Å². The van der Waals surface area contributed by atoms with Gasteiger partial charge in [0.05, 0.1) is 31.0 Å². The Hall–Kier alpha value is -4.27. The number of ether oxygens (including phenoxy) is 1. The third-order valence-electron chi connectivity index (χ3n) is 4.62. The molecule has 9 nitrogen and oxygen atoms in total. The number of benzene rings is 2. The molecule has 0 saturated heterocycles. The monoisotopic (exact) mass is 416 g/mol. The summed E-state index contributed by atoms with van der Waals surface area (Å²) in [5.74, 6) is 0.370. The molecule has 2 aromatic carbocycles. The number of para-hydroxylation sites is 1. The fraction of sp³-hybridized carbons (Fsp3) is 0.136. The maximum Gasteiger partial charge on any atom is 0.273 e. The average molecular weight is 416 g/mol. The Kier molecular flexibility index (Phi) is 5.84. The molecular formula is C22H20N6O3. The lowest BCUT2D eigenvalue weighted by molar-refractivity contribution is 0.0946. The summed E-state index contributed by atoms with van der Waals surface area (Å²) in [6.45, 7) is 0.536. The Morgan fingerprint density at radius 2 is 1.87 bits per heavy atom. The summed E-state index contributed by atoms with van der Waals surface area (Å²) in [4.78, 5) is 30.4. The fourth-order valence-corrected chi connectivity index (χ4v) is 2.95. The Bertz CT molecular complexity index is 1230. The molecule has 0 saturated carbocycles. The number of carbonyl (C=O) groups excluding carboxylic acids is 1. The van der Waals surface area contributed by atoms with E-state index >= 15 is 0 Å². The maximum atomic E-state index is 12.4. The average Bonchev–Trinajstić information content (AvgIpc) is 3.31. The smallest absolute Gasteiger partial charge is 0.273 e. The molecule has 156 valence electrons. The number of aromatic nitrogens is 5. The molecule has 0 aliphatic heterocycles. The van der Waals surface area contributed by atoms with Crippen LogP contribution in [0, 0.1) is 0 Å². The predicted molar refractivity (Wildman–Crippen MR) is 114 cm³/mol. The van der Waals surface area contributed by atoms with Gasteiger partial charge in [-0.1, -0.05) is 18.2 Å². The van der Waals surface area contributed by atoms with E-state index in [1.54, 1.807) is 7.11 Å². The van der Waals surface area contributed by atoms with Crippen molar-refractivity contribution in [2.24, 2.45) is 0 Å². The van der Waals surface area contributed by atoms with Crippen LogP contribution < -0.4 is 15.6 Å².